The Bertz CT molecular complexity index is 911. The molecule has 152 valence electrons. The van der Waals surface area contributed by atoms with Crippen molar-refractivity contribution in [3.05, 3.63) is 53.6 Å². The Labute approximate surface area is 176 Å². The van der Waals surface area contributed by atoms with Crippen molar-refractivity contribution in [1.82, 2.24) is 4.90 Å². The Kier molecular flexibility index (Phi) is 5.74. The van der Waals surface area contributed by atoms with Gasteiger partial charge in [-0.3, -0.25) is 9.59 Å². The lowest BCUT2D eigenvalue weighted by Crippen LogP contribution is -2.44. The number of anilines is 3. The van der Waals surface area contributed by atoms with E-state index in [9.17, 15) is 9.59 Å². The van der Waals surface area contributed by atoms with Crippen molar-refractivity contribution in [2.75, 3.05) is 54.9 Å². The van der Waals surface area contributed by atoms with Crippen LogP contribution in [0.1, 0.15) is 6.42 Å². The summed E-state index contributed by atoms with van der Waals surface area (Å²) in [5.41, 5.74) is 2.57. The summed E-state index contributed by atoms with van der Waals surface area (Å²) in [5, 5.41) is 3.64. The fourth-order valence-corrected chi connectivity index (χ4v) is 4.10. The Hall–Kier alpha value is -2.57. The molecule has 4 rings (SSSR count). The van der Waals surface area contributed by atoms with Crippen LogP contribution >= 0.6 is 11.6 Å². The van der Waals surface area contributed by atoms with Gasteiger partial charge in [-0.25, -0.2) is 0 Å². The summed E-state index contributed by atoms with van der Waals surface area (Å²) >= 11 is 6.05. The second kappa shape index (κ2) is 8.43. The fraction of sp³-hybridized carbons (Fsp3) is 0.364. The van der Waals surface area contributed by atoms with E-state index in [1.54, 1.807) is 17.0 Å². The molecule has 0 aromatic heterocycles. The number of amides is 2. The van der Waals surface area contributed by atoms with Gasteiger partial charge in [-0.2, -0.15) is 0 Å². The van der Waals surface area contributed by atoms with E-state index in [4.69, 9.17) is 11.6 Å². The quantitative estimate of drug-likeness (QED) is 0.838. The molecule has 1 unspecified atom stereocenters. The highest BCUT2D eigenvalue weighted by Crippen LogP contribution is 2.30. The first kappa shape index (κ1) is 19.7. The van der Waals surface area contributed by atoms with Gasteiger partial charge < -0.3 is 20.0 Å². The number of rotatable bonds is 4. The van der Waals surface area contributed by atoms with Crippen LogP contribution in [0.15, 0.2) is 48.5 Å². The number of likely N-dealkylation sites (N-methyl/N-ethyl adjacent to an activating group) is 1. The van der Waals surface area contributed by atoms with Crippen LogP contribution in [0.3, 0.4) is 0 Å². The highest BCUT2D eigenvalue weighted by molar-refractivity contribution is 6.31. The van der Waals surface area contributed by atoms with Crippen molar-refractivity contribution >= 4 is 40.5 Å². The molecule has 0 saturated carbocycles. The van der Waals surface area contributed by atoms with Crippen LogP contribution in [0.25, 0.3) is 0 Å². The van der Waals surface area contributed by atoms with E-state index >= 15 is 0 Å². The minimum Gasteiger partial charge on any atom is -0.367 e. The predicted octanol–water partition coefficient (Wildman–Crippen LogP) is 3.08. The number of halogens is 1. The highest BCUT2D eigenvalue weighted by Gasteiger charge is 2.35. The highest BCUT2D eigenvalue weighted by atomic mass is 35.5. The number of benzene rings is 2. The van der Waals surface area contributed by atoms with Gasteiger partial charge in [-0.05, 0) is 37.4 Å². The molecule has 0 radical (unpaired) electrons. The molecular formula is C22H25ClN4O2. The molecule has 2 amide bonds. The van der Waals surface area contributed by atoms with Crippen molar-refractivity contribution in [3.63, 3.8) is 0 Å². The van der Waals surface area contributed by atoms with Crippen LogP contribution in [-0.2, 0) is 9.59 Å². The lowest BCUT2D eigenvalue weighted by molar-refractivity contribution is -0.122. The average Bonchev–Trinajstić information content (AvgIpc) is 3.11. The average molecular weight is 413 g/mol. The molecule has 2 fully saturated rings. The predicted molar refractivity (Wildman–Crippen MR) is 117 cm³/mol. The first-order valence-electron chi connectivity index (χ1n) is 9.90. The van der Waals surface area contributed by atoms with Gasteiger partial charge in [-0.1, -0.05) is 29.8 Å². The first-order valence-corrected chi connectivity index (χ1v) is 10.3. The Morgan fingerprint density at radius 3 is 2.59 bits per heavy atom. The zero-order valence-electron chi connectivity index (χ0n) is 16.5. The normalized spacial score (nSPS) is 20.2. The van der Waals surface area contributed by atoms with E-state index in [-0.39, 0.29) is 24.2 Å². The van der Waals surface area contributed by atoms with Gasteiger partial charge in [0.05, 0.1) is 17.3 Å². The van der Waals surface area contributed by atoms with Crippen LogP contribution < -0.4 is 15.1 Å². The third-order valence-electron chi connectivity index (χ3n) is 5.62. The molecule has 7 heteroatoms. The molecule has 2 aliphatic heterocycles. The molecule has 2 aromatic carbocycles. The maximum absolute atomic E-state index is 12.9. The minimum atomic E-state index is -0.387. The van der Waals surface area contributed by atoms with E-state index in [1.807, 2.05) is 36.4 Å². The maximum atomic E-state index is 12.9. The molecule has 1 atom stereocenters. The number of nitrogens with one attached hydrogen (secondary N) is 1. The number of carbonyl (C=O) groups is 2. The Morgan fingerprint density at radius 2 is 1.83 bits per heavy atom. The van der Waals surface area contributed by atoms with Gasteiger partial charge in [0.2, 0.25) is 11.8 Å². The van der Waals surface area contributed by atoms with Crippen LogP contribution in [0.5, 0.6) is 0 Å². The molecule has 2 aromatic rings. The smallest absolute Gasteiger partial charge is 0.229 e. The van der Waals surface area contributed by atoms with Crippen LogP contribution in [0.2, 0.25) is 5.02 Å². The monoisotopic (exact) mass is 412 g/mol. The maximum Gasteiger partial charge on any atom is 0.229 e. The summed E-state index contributed by atoms with van der Waals surface area (Å²) in [6, 6.07) is 15.1. The van der Waals surface area contributed by atoms with Crippen molar-refractivity contribution in [3.8, 4) is 0 Å². The lowest BCUT2D eigenvalue weighted by atomic mass is 10.1. The number of hydrogen-bond acceptors (Lipinski definition) is 4. The summed E-state index contributed by atoms with van der Waals surface area (Å²) in [6.07, 6.45) is 0.203. The van der Waals surface area contributed by atoms with Gasteiger partial charge in [0.15, 0.2) is 0 Å². The van der Waals surface area contributed by atoms with Gasteiger partial charge in [-0.15, -0.1) is 0 Å². The number of para-hydroxylation sites is 2. The summed E-state index contributed by atoms with van der Waals surface area (Å²) < 4.78 is 0. The van der Waals surface area contributed by atoms with Gasteiger partial charge in [0.25, 0.3) is 0 Å². The molecule has 2 aliphatic rings. The molecule has 0 bridgehead atoms. The van der Waals surface area contributed by atoms with Crippen molar-refractivity contribution < 1.29 is 9.59 Å². The second-order valence-electron chi connectivity index (χ2n) is 7.68. The molecule has 0 spiro atoms. The SMILES string of the molecule is CN1CCN(c2ccccc2NC(=O)C2CC(=O)N(c3cccc(Cl)c3)C2)CC1. The van der Waals surface area contributed by atoms with E-state index in [0.717, 1.165) is 43.2 Å². The van der Waals surface area contributed by atoms with Crippen molar-refractivity contribution in [2.45, 2.75) is 6.42 Å². The standard InChI is InChI=1S/C22H25ClN4O2/c1-25-9-11-26(12-10-25)20-8-3-2-7-19(20)24-22(29)16-13-21(28)27(15-16)18-6-4-5-17(23)14-18/h2-8,14,16H,9-13,15H2,1H3,(H,24,29). The number of hydrogen-bond donors (Lipinski definition) is 1. The van der Waals surface area contributed by atoms with Gasteiger partial charge >= 0.3 is 0 Å². The van der Waals surface area contributed by atoms with E-state index in [1.165, 1.54) is 0 Å². The number of carbonyl (C=O) groups excluding carboxylic acids is 2. The van der Waals surface area contributed by atoms with Crippen LogP contribution in [0.4, 0.5) is 17.1 Å². The first-order chi connectivity index (χ1) is 14.0. The Morgan fingerprint density at radius 1 is 1.07 bits per heavy atom. The van der Waals surface area contributed by atoms with Crippen LogP contribution in [0, 0.1) is 5.92 Å². The van der Waals surface area contributed by atoms with Gasteiger partial charge in [0, 0.05) is 49.9 Å². The zero-order valence-corrected chi connectivity index (χ0v) is 17.2. The van der Waals surface area contributed by atoms with Crippen molar-refractivity contribution in [2.24, 2.45) is 5.92 Å². The van der Waals surface area contributed by atoms with E-state index < -0.39 is 0 Å². The molecule has 29 heavy (non-hydrogen) atoms. The molecule has 0 aliphatic carbocycles. The lowest BCUT2D eigenvalue weighted by Gasteiger charge is -2.35. The van der Waals surface area contributed by atoms with E-state index in [0.29, 0.717) is 11.6 Å². The van der Waals surface area contributed by atoms with Crippen molar-refractivity contribution in [1.29, 1.82) is 0 Å². The zero-order chi connectivity index (χ0) is 20.4. The third kappa shape index (κ3) is 4.38. The van der Waals surface area contributed by atoms with Gasteiger partial charge in [0.1, 0.15) is 0 Å². The molecule has 2 saturated heterocycles. The summed E-state index contributed by atoms with van der Waals surface area (Å²) in [5.74, 6) is -0.564. The second-order valence-corrected chi connectivity index (χ2v) is 8.12. The third-order valence-corrected chi connectivity index (χ3v) is 5.86. The molecule has 1 N–H and O–H groups in total. The summed E-state index contributed by atoms with van der Waals surface area (Å²) in [4.78, 5) is 31.7. The summed E-state index contributed by atoms with van der Waals surface area (Å²) in [6.45, 7) is 4.20. The topological polar surface area (TPSA) is 55.9 Å². The molecule has 6 nitrogen and oxygen atoms in total. The minimum absolute atomic E-state index is 0.0558. The molecular weight excluding hydrogens is 388 g/mol. The fourth-order valence-electron chi connectivity index (χ4n) is 3.91. The Balaban J connectivity index is 1.46. The van der Waals surface area contributed by atoms with E-state index in [2.05, 4.69) is 22.2 Å². The number of nitrogens with zero attached hydrogens (tertiary/aromatic N) is 3. The van der Waals surface area contributed by atoms with Crippen LogP contribution in [-0.4, -0.2) is 56.5 Å². The number of piperazine rings is 1. The largest absolute Gasteiger partial charge is 0.367 e. The molecule has 2 heterocycles. The summed E-state index contributed by atoms with van der Waals surface area (Å²) in [7, 11) is 2.12.